The molecule has 13 rings (SSSR count). The number of halogens is 17. The molecule has 7 amide bonds. The number of amides is 7. The molecule has 4 atom stereocenters. The van der Waals surface area contributed by atoms with Crippen LogP contribution < -0.4 is 33.3 Å². The predicted octanol–water partition coefficient (Wildman–Crippen LogP) is 12.8. The van der Waals surface area contributed by atoms with Crippen LogP contribution in [-0.2, 0) is 51.9 Å². The molecule has 0 radical (unpaired) electrons. The second-order valence-corrected chi connectivity index (χ2v) is 28.8. The number of nitrogens with one attached hydrogen (secondary N) is 2. The average molecular weight is 1820 g/mol. The molecule has 0 bridgehead atoms. The van der Waals surface area contributed by atoms with Gasteiger partial charge in [-0.1, -0.05) is 22.0 Å². The summed E-state index contributed by atoms with van der Waals surface area (Å²) in [5, 5.41) is 31.4. The Balaban J connectivity index is 0.000000247. The lowest BCUT2D eigenvalue weighted by molar-refractivity contribution is -0.128. The van der Waals surface area contributed by atoms with Gasteiger partial charge in [0.15, 0.2) is 87.3 Å². The van der Waals surface area contributed by atoms with Crippen LogP contribution in [0.1, 0.15) is 130 Å². The number of anilines is 3. The van der Waals surface area contributed by atoms with E-state index in [-0.39, 0.29) is 108 Å². The largest absolute Gasteiger partial charge is 0.488 e. The average Bonchev–Trinajstić information content (AvgIpc) is 1.72. The quantitative estimate of drug-likeness (QED) is 0.0288. The van der Waals surface area contributed by atoms with Gasteiger partial charge in [0.2, 0.25) is 23.6 Å². The highest BCUT2D eigenvalue weighted by atomic mass is 79.9. The van der Waals surface area contributed by atoms with Gasteiger partial charge in [-0.15, -0.1) is 17.0 Å². The molecule has 5 aromatic carbocycles. The smallest absolute Gasteiger partial charge is 0.443 e. The number of likely N-dealkylation sites (tertiary alicyclic amines) is 2. The van der Waals surface area contributed by atoms with Crippen LogP contribution in [0.2, 0.25) is 0 Å². The number of aliphatic hydroxyl groups excluding tert-OH is 1. The second kappa shape index (κ2) is 44.6. The van der Waals surface area contributed by atoms with E-state index in [9.17, 15) is 99.4 Å². The normalized spacial score (nSPS) is 16.3. The molecule has 0 saturated carbocycles. The fourth-order valence-electron chi connectivity index (χ4n) is 11.1. The molecule has 0 aliphatic carbocycles. The third kappa shape index (κ3) is 30.3. The summed E-state index contributed by atoms with van der Waals surface area (Å²) in [6.45, 7) is 11.9. The van der Waals surface area contributed by atoms with E-state index in [4.69, 9.17) is 41.8 Å². The Morgan fingerprint density at radius 3 is 1.12 bits per heavy atom. The molecule has 3 aromatic heterocycles. The van der Waals surface area contributed by atoms with Crippen molar-refractivity contribution in [3.05, 3.63) is 254 Å². The number of hydrogen-bond donors (Lipinski definition) is 8. The van der Waals surface area contributed by atoms with Gasteiger partial charge in [0.1, 0.15) is 28.7 Å². The predicted molar refractivity (Wildman–Crippen MR) is 412 cm³/mol. The highest BCUT2D eigenvalue weighted by molar-refractivity contribution is 9.08. The van der Waals surface area contributed by atoms with Crippen molar-refractivity contribution >= 4 is 105 Å². The summed E-state index contributed by atoms with van der Waals surface area (Å²) in [5.41, 5.74) is 18.4. The number of pyridine rings is 3. The lowest BCUT2D eigenvalue weighted by atomic mass is 9.80. The van der Waals surface area contributed by atoms with Gasteiger partial charge in [-0.25, -0.2) is 100 Å². The first-order chi connectivity index (χ1) is 55.2. The van der Waals surface area contributed by atoms with E-state index in [1.54, 1.807) is 95.4 Å². The molecule has 640 valence electrons. The number of nitrogens with zero attached hydrogens (tertiary/aromatic N) is 6. The van der Waals surface area contributed by atoms with Crippen molar-refractivity contribution in [3.63, 3.8) is 0 Å². The minimum absolute atomic E-state index is 0. The van der Waals surface area contributed by atoms with Crippen LogP contribution in [0.4, 0.5) is 92.9 Å². The zero-order valence-corrected chi connectivity index (χ0v) is 67.2. The van der Waals surface area contributed by atoms with E-state index in [1.807, 2.05) is 12.1 Å². The molecule has 11 N–H and O–H groups in total. The van der Waals surface area contributed by atoms with Crippen molar-refractivity contribution in [2.45, 2.75) is 121 Å². The van der Waals surface area contributed by atoms with Gasteiger partial charge in [-0.05, 0) is 183 Å². The summed E-state index contributed by atoms with van der Waals surface area (Å²) in [4.78, 5) is 95.1. The van der Waals surface area contributed by atoms with Crippen molar-refractivity contribution < 1.29 is 124 Å². The fourth-order valence-corrected chi connectivity index (χ4v) is 11.5. The summed E-state index contributed by atoms with van der Waals surface area (Å²) < 4.78 is 203. The van der Waals surface area contributed by atoms with E-state index in [1.165, 1.54) is 6.08 Å². The van der Waals surface area contributed by atoms with E-state index in [0.29, 0.717) is 73.4 Å². The molecule has 119 heavy (non-hydrogen) atoms. The molecule has 41 heteroatoms. The molecular weight excluding hydrogens is 1740 g/mol. The van der Waals surface area contributed by atoms with Crippen molar-refractivity contribution in [3.8, 4) is 0 Å². The number of nitrogens with two attached hydrogens (primary N) is 3. The van der Waals surface area contributed by atoms with Crippen LogP contribution in [0, 0.1) is 87.3 Å². The zero-order valence-electron chi connectivity index (χ0n) is 63.9. The summed E-state index contributed by atoms with van der Waals surface area (Å²) in [7, 11) is -2.00. The number of carbonyl (C=O) groups excluding carboxylic acids is 7. The first-order valence-corrected chi connectivity index (χ1v) is 36.3. The lowest BCUT2D eigenvalue weighted by Crippen LogP contribution is -2.37. The number of imide groups is 2. The number of aliphatic hydroxyl groups is 1. The molecular formula is C78H79BBr2F15N11O12. The van der Waals surface area contributed by atoms with E-state index < -0.39 is 135 Å². The standard InChI is InChI=1S/C16H14F3N3O.C15H16F3NO3.2C10H8F3NO.C9H13NO3.C6H4BF3O2.C6H7BrN2.C6H8N2O.BrH/c17-12-4-10(5-13(18)16(12)19)11-6-15(23)22(8-11)7-9-1-2-21-14(20)3-9;1-15(2,3)22-14(21)19-7-9(6-12(19)20)8-4-10(16)13(18)11(17)5-8;2*11-7-1-5(2-8(12)10(7)13)6-3-9(15)14-4-6;1-9(2,3)13-8(12)10-6-4-5-7(10)11;8-4-1-3(7(11)12)2-5(9)6(4)10;7-4-5-1-2-9-6(8)3-5;7-6-3-5(4-9)1-2-8-6;/h1-5,11H,6-8H2,(H2,20,21);4-5,9H,6-7H2,1-3H3;2*1-2,6H,3-4H2,(H,14,15);4-5H,6H2,1-3H3;1-2,11-12H;1-3H,4H2,(H2,8,9);1-3,9H,4H2,(H2,7,8);1H. The molecule has 23 nitrogen and oxygen atoms in total. The lowest BCUT2D eigenvalue weighted by Gasteiger charge is -2.23. The van der Waals surface area contributed by atoms with E-state index >= 15 is 0 Å². The SMILES string of the molecule is Br.CC(C)(C)OC(=O)N1CC(c2cc(F)c(F)c(F)c2)CC1=O.CC(C)(C)OC(=O)N1CC=CC1=O.Nc1cc(CBr)ccn1.Nc1cc(CN2CC(c3cc(F)c(F)c(F)c3)CC2=O)ccn1.Nc1cc(CO)ccn1.O=C1CC(c2cc(F)c(F)c(F)c2)CN1.O=C1CC(c2cc(F)c(F)c(F)c2)CN1.OB(O)c1cc(F)c(F)c(F)c1. The van der Waals surface area contributed by atoms with Gasteiger partial charge in [-0.3, -0.25) is 24.0 Å². The van der Waals surface area contributed by atoms with Gasteiger partial charge in [0, 0.05) is 112 Å². The maximum atomic E-state index is 13.3. The van der Waals surface area contributed by atoms with Crippen LogP contribution in [0.15, 0.2) is 128 Å². The van der Waals surface area contributed by atoms with Crippen molar-refractivity contribution in [1.29, 1.82) is 0 Å². The Labute approximate surface area is 690 Å². The number of nitrogen functional groups attached to an aromatic ring is 3. The first-order valence-electron chi connectivity index (χ1n) is 35.2. The number of aromatic nitrogens is 3. The summed E-state index contributed by atoms with van der Waals surface area (Å²) >= 11 is 3.31. The Morgan fingerprint density at radius 2 is 0.807 bits per heavy atom. The fraction of sp³-hybridized carbons (Fsp3) is 0.308. The van der Waals surface area contributed by atoms with Crippen LogP contribution in [0.3, 0.4) is 0 Å². The number of benzene rings is 5. The minimum Gasteiger partial charge on any atom is -0.443 e. The van der Waals surface area contributed by atoms with Crippen molar-refractivity contribution in [2.24, 2.45) is 0 Å². The summed E-state index contributed by atoms with van der Waals surface area (Å²) in [6.07, 6.45) is 6.84. The Kier molecular flexibility index (Phi) is 36.9. The number of ether oxygens (including phenoxy) is 2. The van der Waals surface area contributed by atoms with Crippen LogP contribution in [-0.4, -0.2) is 138 Å². The third-order valence-corrected chi connectivity index (χ3v) is 17.4. The molecule has 0 spiro atoms. The molecule has 4 fully saturated rings. The van der Waals surface area contributed by atoms with Crippen LogP contribution in [0.5, 0.6) is 0 Å². The van der Waals surface area contributed by atoms with Crippen LogP contribution >= 0.6 is 32.9 Å². The summed E-state index contributed by atoms with van der Waals surface area (Å²) in [6, 6.07) is 18.9. The van der Waals surface area contributed by atoms with Gasteiger partial charge in [-0.2, -0.15) is 0 Å². The Hall–Kier alpha value is -11.2. The molecule has 5 aliphatic heterocycles. The molecule has 4 saturated heterocycles. The van der Waals surface area contributed by atoms with E-state index in [2.05, 4.69) is 41.5 Å². The first kappa shape index (κ1) is 98.4. The summed E-state index contributed by atoms with van der Waals surface area (Å²) in [5.74, 6) is -21.9. The van der Waals surface area contributed by atoms with Gasteiger partial charge < -0.3 is 57.4 Å². The van der Waals surface area contributed by atoms with Crippen molar-refractivity contribution in [2.75, 3.05) is 49.9 Å². The van der Waals surface area contributed by atoms with Crippen molar-refractivity contribution in [1.82, 2.24) is 40.3 Å². The zero-order chi connectivity index (χ0) is 88.0. The highest BCUT2D eigenvalue weighted by Gasteiger charge is 2.39. The number of rotatable bonds is 9. The number of hydrogen-bond acceptors (Lipinski definition) is 18. The monoisotopic (exact) mass is 1820 g/mol. The molecule has 4 unspecified atom stereocenters. The number of carbonyl (C=O) groups is 7. The Bertz CT molecular complexity index is 4740. The Morgan fingerprint density at radius 1 is 0.479 bits per heavy atom. The molecule has 5 aliphatic rings. The second-order valence-electron chi connectivity index (χ2n) is 28.2. The highest BCUT2D eigenvalue weighted by Crippen LogP contribution is 2.34. The minimum atomic E-state index is -2.00. The molecule has 8 aromatic rings. The maximum absolute atomic E-state index is 13.3. The van der Waals surface area contributed by atoms with Gasteiger partial charge in [0.25, 0.3) is 5.91 Å². The topological polar surface area (TPSA) is 349 Å². The van der Waals surface area contributed by atoms with Gasteiger partial charge >= 0.3 is 19.3 Å². The third-order valence-electron chi connectivity index (χ3n) is 16.8. The maximum Gasteiger partial charge on any atom is 0.488 e. The van der Waals surface area contributed by atoms with Gasteiger partial charge in [0.05, 0.1) is 13.2 Å². The number of alkyl halides is 1. The van der Waals surface area contributed by atoms with E-state index in [0.717, 1.165) is 80.4 Å². The molecule has 8 heterocycles. The van der Waals surface area contributed by atoms with Crippen LogP contribution in [0.25, 0.3) is 0 Å².